The number of hydrogen-bond donors (Lipinski definition) is 0. The van der Waals surface area contributed by atoms with E-state index in [9.17, 15) is 0 Å². The van der Waals surface area contributed by atoms with Gasteiger partial charge in [0, 0.05) is 0 Å². The molecule has 2 unspecified atom stereocenters. The predicted octanol–water partition coefficient (Wildman–Crippen LogP) is 1.52. The molecule has 2 atom stereocenters. The fourth-order valence-corrected chi connectivity index (χ4v) is 2.47. The Hall–Kier alpha value is 0.505. The summed E-state index contributed by atoms with van der Waals surface area (Å²) in [5, 5.41) is 0. The van der Waals surface area contributed by atoms with E-state index in [0.29, 0.717) is 0 Å². The van der Waals surface area contributed by atoms with Crippen molar-refractivity contribution in [3.8, 4) is 0 Å². The molecule has 0 amide bonds. The molecule has 1 fully saturated rings. The predicted molar refractivity (Wildman–Crippen MR) is 46.1 cm³/mol. The molecule has 1 aliphatic rings. The molecule has 0 aliphatic carbocycles. The van der Waals surface area contributed by atoms with Crippen LogP contribution in [0.5, 0.6) is 0 Å². The Morgan fingerprint density at radius 2 is 1.78 bits per heavy atom. The van der Waals surface area contributed by atoms with E-state index in [1.807, 2.05) is 0 Å². The fourth-order valence-electron chi connectivity index (χ4n) is 1.48. The first-order valence-electron chi connectivity index (χ1n) is 3.57. The second kappa shape index (κ2) is 3.06. The van der Waals surface area contributed by atoms with E-state index in [1.54, 1.807) is 0 Å². The van der Waals surface area contributed by atoms with Crippen LogP contribution in [0.3, 0.4) is 0 Å². The van der Waals surface area contributed by atoms with E-state index in [-0.39, 0.29) is 0 Å². The van der Waals surface area contributed by atoms with Crippen molar-refractivity contribution >= 4 is 22.0 Å². The van der Waals surface area contributed by atoms with Crippen molar-refractivity contribution in [1.29, 1.82) is 0 Å². The van der Waals surface area contributed by atoms with Gasteiger partial charge in [0.1, 0.15) is 0 Å². The second-order valence-corrected chi connectivity index (χ2v) is 3.41. The summed E-state index contributed by atoms with van der Waals surface area (Å²) >= 11 is 3.48. The van der Waals surface area contributed by atoms with E-state index >= 15 is 0 Å². The molecule has 1 rings (SSSR count). The van der Waals surface area contributed by atoms with Gasteiger partial charge in [0.25, 0.3) is 6.24 Å². The van der Waals surface area contributed by atoms with Crippen molar-refractivity contribution in [3.05, 3.63) is 0 Å². The number of nitrogens with zero attached hydrogens (tertiary/aromatic N) is 1. The molecular formula is C6H13BBrN. The minimum Gasteiger partial charge on any atom is -0.330 e. The van der Waals surface area contributed by atoms with Crippen LogP contribution in [0.15, 0.2) is 0 Å². The Bertz CT molecular complexity index is 89.1. The molecule has 1 aliphatic heterocycles. The van der Waals surface area contributed by atoms with E-state index in [0.717, 1.165) is 18.3 Å². The highest BCUT2D eigenvalue weighted by Gasteiger charge is 2.25. The molecule has 0 aromatic rings. The van der Waals surface area contributed by atoms with Crippen molar-refractivity contribution < 1.29 is 0 Å². The Kier molecular flexibility index (Phi) is 2.59. The Labute approximate surface area is 66.0 Å². The summed E-state index contributed by atoms with van der Waals surface area (Å²) in [5.74, 6) is 0. The zero-order valence-corrected chi connectivity index (χ0v) is 7.69. The highest BCUT2D eigenvalue weighted by molar-refractivity contribution is 9.23. The zero-order chi connectivity index (χ0) is 6.85. The third kappa shape index (κ3) is 1.50. The second-order valence-electron chi connectivity index (χ2n) is 2.91. The lowest BCUT2D eigenvalue weighted by molar-refractivity contribution is 0.375. The van der Waals surface area contributed by atoms with Crippen molar-refractivity contribution in [2.24, 2.45) is 0 Å². The van der Waals surface area contributed by atoms with Gasteiger partial charge in [-0.05, 0) is 24.9 Å². The minimum absolute atomic E-state index is 0.791. The van der Waals surface area contributed by atoms with Crippen LogP contribution in [-0.2, 0) is 0 Å². The van der Waals surface area contributed by atoms with Crippen LogP contribution in [-0.4, -0.2) is 23.1 Å². The maximum absolute atomic E-state index is 3.48. The topological polar surface area (TPSA) is 3.24 Å². The van der Waals surface area contributed by atoms with E-state index in [4.69, 9.17) is 0 Å². The normalized spacial score (nSPS) is 37.2. The van der Waals surface area contributed by atoms with Crippen molar-refractivity contribution in [1.82, 2.24) is 4.81 Å². The van der Waals surface area contributed by atoms with Crippen LogP contribution in [0.2, 0.25) is 0 Å². The SMILES string of the molecule is CC1CCC(C)N1BBr. The van der Waals surface area contributed by atoms with Crippen molar-refractivity contribution in [2.75, 3.05) is 0 Å². The lowest BCUT2D eigenvalue weighted by Gasteiger charge is -2.22. The summed E-state index contributed by atoms with van der Waals surface area (Å²) in [5.41, 5.74) is 0. The molecule has 52 valence electrons. The highest BCUT2D eigenvalue weighted by atomic mass is 79.9. The van der Waals surface area contributed by atoms with Crippen LogP contribution < -0.4 is 0 Å². The number of halogens is 1. The molecule has 0 saturated carbocycles. The first-order chi connectivity index (χ1) is 4.25. The zero-order valence-electron chi connectivity index (χ0n) is 6.10. The molecular weight excluding hydrogens is 177 g/mol. The first kappa shape index (κ1) is 7.61. The van der Waals surface area contributed by atoms with Crippen molar-refractivity contribution in [3.63, 3.8) is 0 Å². The maximum atomic E-state index is 3.48. The van der Waals surface area contributed by atoms with Gasteiger partial charge in [-0.25, -0.2) is 0 Å². The van der Waals surface area contributed by atoms with E-state index in [2.05, 4.69) is 34.4 Å². The monoisotopic (exact) mass is 189 g/mol. The summed E-state index contributed by atoms with van der Waals surface area (Å²) in [6.07, 6.45) is 3.77. The third-order valence-corrected chi connectivity index (χ3v) is 2.85. The molecule has 1 nitrogen and oxygen atoms in total. The molecule has 0 N–H and O–H groups in total. The minimum atomic E-state index is 0.791. The first-order valence-corrected chi connectivity index (χ1v) is 4.69. The lowest BCUT2D eigenvalue weighted by Crippen LogP contribution is -2.33. The number of hydrogen-bond acceptors (Lipinski definition) is 1. The maximum Gasteiger partial charge on any atom is 0.285 e. The number of rotatable bonds is 1. The van der Waals surface area contributed by atoms with Gasteiger partial charge in [-0.15, -0.1) is 15.8 Å². The molecule has 0 radical (unpaired) electrons. The molecule has 9 heavy (non-hydrogen) atoms. The molecule has 1 saturated heterocycles. The Morgan fingerprint density at radius 1 is 1.33 bits per heavy atom. The van der Waals surface area contributed by atoms with E-state index < -0.39 is 0 Å². The summed E-state index contributed by atoms with van der Waals surface area (Å²) in [7, 11) is 0. The van der Waals surface area contributed by atoms with Crippen LogP contribution >= 0.6 is 15.8 Å². The molecule has 0 aromatic heterocycles. The van der Waals surface area contributed by atoms with Gasteiger partial charge < -0.3 is 4.81 Å². The van der Waals surface area contributed by atoms with Crippen molar-refractivity contribution in [2.45, 2.75) is 38.8 Å². The van der Waals surface area contributed by atoms with Crippen LogP contribution in [0.25, 0.3) is 0 Å². The molecule has 1 heterocycles. The smallest absolute Gasteiger partial charge is 0.285 e. The lowest BCUT2D eigenvalue weighted by atomic mass is 10.2. The van der Waals surface area contributed by atoms with Gasteiger partial charge in [-0.3, -0.25) is 0 Å². The quantitative estimate of drug-likeness (QED) is 0.566. The third-order valence-electron chi connectivity index (χ3n) is 2.27. The Balaban J connectivity index is 2.44. The largest absolute Gasteiger partial charge is 0.330 e. The average Bonchev–Trinajstić information content (AvgIpc) is 2.12. The molecule has 0 aromatic carbocycles. The average molecular weight is 190 g/mol. The van der Waals surface area contributed by atoms with E-state index in [1.165, 1.54) is 12.8 Å². The van der Waals surface area contributed by atoms with Crippen LogP contribution in [0.4, 0.5) is 0 Å². The van der Waals surface area contributed by atoms with Gasteiger partial charge in [0.05, 0.1) is 0 Å². The van der Waals surface area contributed by atoms with Gasteiger partial charge in [-0.2, -0.15) is 0 Å². The summed E-state index contributed by atoms with van der Waals surface area (Å²) in [6, 6.07) is 1.58. The molecule has 3 heteroatoms. The van der Waals surface area contributed by atoms with Gasteiger partial charge in [-0.1, -0.05) is 13.8 Å². The molecule has 0 spiro atoms. The standard InChI is InChI=1S/C6H13BBrN/c1-5-3-4-6(2)9(5)7-8/h5-7H,3-4H2,1-2H3. The van der Waals surface area contributed by atoms with Gasteiger partial charge in [0.2, 0.25) is 0 Å². The summed E-state index contributed by atoms with van der Waals surface area (Å²) in [4.78, 5) is 2.49. The summed E-state index contributed by atoms with van der Waals surface area (Å²) < 4.78 is 0. The van der Waals surface area contributed by atoms with Gasteiger partial charge in [0.15, 0.2) is 0 Å². The van der Waals surface area contributed by atoms with Gasteiger partial charge >= 0.3 is 0 Å². The fraction of sp³-hybridized carbons (Fsp3) is 1.00. The van der Waals surface area contributed by atoms with Crippen LogP contribution in [0, 0.1) is 0 Å². The Morgan fingerprint density at radius 3 is 2.00 bits per heavy atom. The highest BCUT2D eigenvalue weighted by Crippen LogP contribution is 2.22. The van der Waals surface area contributed by atoms with Crippen LogP contribution in [0.1, 0.15) is 26.7 Å². The molecule has 0 bridgehead atoms. The summed E-state index contributed by atoms with van der Waals surface area (Å²) in [6.45, 7) is 4.59.